The molecule has 1 unspecified atom stereocenters. The van der Waals surface area contributed by atoms with Crippen LogP contribution in [0.5, 0.6) is 0 Å². The highest BCUT2D eigenvalue weighted by molar-refractivity contribution is 5.85. The maximum absolute atomic E-state index is 12.2. The first-order valence-electron chi connectivity index (χ1n) is 6.26. The van der Waals surface area contributed by atoms with E-state index in [1.165, 1.54) is 7.11 Å². The zero-order valence-electron chi connectivity index (χ0n) is 11.8. The van der Waals surface area contributed by atoms with Gasteiger partial charge < -0.3 is 10.1 Å². The first-order valence-corrected chi connectivity index (χ1v) is 6.26. The van der Waals surface area contributed by atoms with Crippen molar-refractivity contribution in [2.24, 2.45) is 0 Å². The predicted molar refractivity (Wildman–Crippen MR) is 76.2 cm³/mol. The first kappa shape index (κ1) is 14.0. The largest absolute Gasteiger partial charge is 0.467 e. The van der Waals surface area contributed by atoms with Crippen molar-refractivity contribution >= 4 is 11.7 Å². The summed E-state index contributed by atoms with van der Waals surface area (Å²) in [6, 6.07) is 7.76. The monoisotopic (exact) mass is 271 g/mol. The second-order valence-corrected chi connectivity index (χ2v) is 4.70. The van der Waals surface area contributed by atoms with Crippen molar-refractivity contribution in [2.75, 3.05) is 12.4 Å². The predicted octanol–water partition coefficient (Wildman–Crippen LogP) is 2.29. The molecule has 1 aromatic carbocycles. The summed E-state index contributed by atoms with van der Waals surface area (Å²) in [6.45, 7) is 3.72. The Balaban J connectivity index is 2.41. The first-order chi connectivity index (χ1) is 9.56. The third-order valence-corrected chi connectivity index (χ3v) is 3.08. The lowest BCUT2D eigenvalue weighted by atomic mass is 9.97. The molecular formula is C15H17N3O2. The summed E-state index contributed by atoms with van der Waals surface area (Å²) in [6.07, 6.45) is 4.67. The molecule has 1 N–H and O–H groups in total. The highest BCUT2D eigenvalue weighted by Gasteiger charge is 2.38. The molecule has 0 fully saturated rings. The van der Waals surface area contributed by atoms with Crippen LogP contribution in [0.15, 0.2) is 42.9 Å². The average molecular weight is 271 g/mol. The molecule has 0 aliphatic carbocycles. The number of hydrogen-bond donors (Lipinski definition) is 1. The Labute approximate surface area is 118 Å². The molecule has 20 heavy (non-hydrogen) atoms. The SMILES string of the molecule is COC(=O)C(C)(Nc1cccc(C)c1)c1cnccn1. The van der Waals surface area contributed by atoms with E-state index < -0.39 is 11.5 Å². The van der Waals surface area contributed by atoms with Crippen LogP contribution in [0.4, 0.5) is 5.69 Å². The third kappa shape index (κ3) is 2.77. The molecule has 0 bridgehead atoms. The summed E-state index contributed by atoms with van der Waals surface area (Å²) in [4.78, 5) is 20.4. The van der Waals surface area contributed by atoms with Crippen LogP contribution in [0.25, 0.3) is 0 Å². The average Bonchev–Trinajstić information content (AvgIpc) is 2.47. The minimum Gasteiger partial charge on any atom is -0.467 e. The van der Waals surface area contributed by atoms with E-state index >= 15 is 0 Å². The summed E-state index contributed by atoms with van der Waals surface area (Å²) < 4.78 is 4.90. The van der Waals surface area contributed by atoms with Crippen molar-refractivity contribution in [3.63, 3.8) is 0 Å². The Bertz CT molecular complexity index is 601. The Hall–Kier alpha value is -2.43. The second kappa shape index (κ2) is 5.69. The molecule has 104 valence electrons. The number of ether oxygens (including phenoxy) is 1. The molecule has 0 amide bonds. The van der Waals surface area contributed by atoms with Crippen LogP contribution >= 0.6 is 0 Å². The maximum Gasteiger partial charge on any atom is 0.337 e. The van der Waals surface area contributed by atoms with Gasteiger partial charge in [-0.2, -0.15) is 0 Å². The van der Waals surface area contributed by atoms with Gasteiger partial charge in [0.25, 0.3) is 0 Å². The normalized spacial score (nSPS) is 13.3. The highest BCUT2D eigenvalue weighted by Crippen LogP contribution is 2.26. The number of benzene rings is 1. The molecule has 0 radical (unpaired) electrons. The molecule has 2 rings (SSSR count). The van der Waals surface area contributed by atoms with Crippen molar-refractivity contribution in [2.45, 2.75) is 19.4 Å². The molecule has 0 aliphatic heterocycles. The third-order valence-electron chi connectivity index (χ3n) is 3.08. The zero-order chi connectivity index (χ0) is 14.6. The van der Waals surface area contributed by atoms with Crippen molar-refractivity contribution in [3.8, 4) is 0 Å². The molecule has 5 heteroatoms. The van der Waals surface area contributed by atoms with Crippen LogP contribution in [0.3, 0.4) is 0 Å². The Morgan fingerprint density at radius 1 is 1.35 bits per heavy atom. The zero-order valence-corrected chi connectivity index (χ0v) is 11.8. The van der Waals surface area contributed by atoms with Crippen LogP contribution in [-0.4, -0.2) is 23.0 Å². The molecule has 0 saturated carbocycles. The lowest BCUT2D eigenvalue weighted by Gasteiger charge is -2.28. The number of aromatic nitrogens is 2. The maximum atomic E-state index is 12.2. The van der Waals surface area contributed by atoms with Gasteiger partial charge in [0.2, 0.25) is 0 Å². The van der Waals surface area contributed by atoms with Gasteiger partial charge in [0, 0.05) is 18.1 Å². The molecule has 2 aromatic rings. The van der Waals surface area contributed by atoms with Gasteiger partial charge in [-0.05, 0) is 31.5 Å². The van der Waals surface area contributed by atoms with Gasteiger partial charge in [0.05, 0.1) is 19.0 Å². The molecule has 1 atom stereocenters. The minimum absolute atomic E-state index is 0.417. The molecule has 1 aromatic heterocycles. The van der Waals surface area contributed by atoms with Gasteiger partial charge in [-0.1, -0.05) is 12.1 Å². The Kier molecular flexibility index (Phi) is 3.98. The van der Waals surface area contributed by atoms with Crippen LogP contribution in [0.1, 0.15) is 18.2 Å². The van der Waals surface area contributed by atoms with Crippen molar-refractivity contribution in [1.29, 1.82) is 0 Å². The van der Waals surface area contributed by atoms with E-state index in [4.69, 9.17) is 4.74 Å². The summed E-state index contributed by atoms with van der Waals surface area (Å²) in [7, 11) is 1.36. The summed E-state index contributed by atoms with van der Waals surface area (Å²) in [5.74, 6) is -0.417. The number of nitrogens with one attached hydrogen (secondary N) is 1. The number of carbonyl (C=O) groups excluding carboxylic acids is 1. The van der Waals surface area contributed by atoms with Crippen LogP contribution < -0.4 is 5.32 Å². The van der Waals surface area contributed by atoms with E-state index in [0.717, 1.165) is 11.3 Å². The fraction of sp³-hybridized carbons (Fsp3) is 0.267. The molecule has 0 spiro atoms. The van der Waals surface area contributed by atoms with E-state index in [1.54, 1.807) is 25.5 Å². The van der Waals surface area contributed by atoms with E-state index in [-0.39, 0.29) is 0 Å². The van der Waals surface area contributed by atoms with Gasteiger partial charge in [-0.25, -0.2) is 4.79 Å². The number of carbonyl (C=O) groups is 1. The summed E-state index contributed by atoms with van der Waals surface area (Å²) in [5, 5.41) is 3.19. The molecule has 0 aliphatic rings. The Morgan fingerprint density at radius 2 is 2.15 bits per heavy atom. The molecule has 1 heterocycles. The van der Waals surface area contributed by atoms with Crippen molar-refractivity contribution < 1.29 is 9.53 Å². The quantitative estimate of drug-likeness (QED) is 0.864. The number of methoxy groups -OCH3 is 1. The van der Waals surface area contributed by atoms with E-state index in [9.17, 15) is 4.79 Å². The number of hydrogen-bond acceptors (Lipinski definition) is 5. The van der Waals surface area contributed by atoms with E-state index in [0.29, 0.717) is 5.69 Å². The Morgan fingerprint density at radius 3 is 2.75 bits per heavy atom. The van der Waals surface area contributed by atoms with Gasteiger partial charge in [0.1, 0.15) is 0 Å². The fourth-order valence-corrected chi connectivity index (χ4v) is 1.99. The molecule has 0 saturated heterocycles. The van der Waals surface area contributed by atoms with Crippen LogP contribution in [-0.2, 0) is 15.1 Å². The number of nitrogens with zero attached hydrogens (tertiary/aromatic N) is 2. The lowest BCUT2D eigenvalue weighted by molar-refractivity contribution is -0.145. The number of aryl methyl sites for hydroxylation is 1. The standard InChI is InChI=1S/C15H17N3O2/c1-11-5-4-6-12(9-11)18-15(2,14(19)20-3)13-10-16-7-8-17-13/h4-10,18H,1-3H3. The van der Waals surface area contributed by atoms with Gasteiger partial charge in [-0.15, -0.1) is 0 Å². The van der Waals surface area contributed by atoms with Gasteiger partial charge in [0.15, 0.2) is 5.54 Å². The topological polar surface area (TPSA) is 64.1 Å². The van der Waals surface area contributed by atoms with E-state index in [2.05, 4.69) is 15.3 Å². The minimum atomic E-state index is -1.09. The van der Waals surface area contributed by atoms with Crippen LogP contribution in [0.2, 0.25) is 0 Å². The van der Waals surface area contributed by atoms with Crippen molar-refractivity contribution in [3.05, 3.63) is 54.1 Å². The summed E-state index contributed by atoms with van der Waals surface area (Å²) in [5.41, 5.74) is 1.34. The molecule has 5 nitrogen and oxygen atoms in total. The van der Waals surface area contributed by atoms with Gasteiger partial charge >= 0.3 is 5.97 Å². The lowest BCUT2D eigenvalue weighted by Crippen LogP contribution is -2.42. The second-order valence-electron chi connectivity index (χ2n) is 4.70. The smallest absolute Gasteiger partial charge is 0.337 e. The molecular weight excluding hydrogens is 254 g/mol. The number of esters is 1. The van der Waals surface area contributed by atoms with E-state index in [1.807, 2.05) is 31.2 Å². The highest BCUT2D eigenvalue weighted by atomic mass is 16.5. The van der Waals surface area contributed by atoms with Crippen molar-refractivity contribution in [1.82, 2.24) is 9.97 Å². The van der Waals surface area contributed by atoms with Crippen LogP contribution in [0, 0.1) is 6.92 Å². The fourth-order valence-electron chi connectivity index (χ4n) is 1.99. The van der Waals surface area contributed by atoms with Gasteiger partial charge in [-0.3, -0.25) is 9.97 Å². The number of anilines is 1. The summed E-state index contributed by atoms with van der Waals surface area (Å²) >= 11 is 0. The number of rotatable bonds is 4.